The smallest absolute Gasteiger partial charge is 0.256 e. The molecule has 2 aromatic rings. The van der Waals surface area contributed by atoms with Gasteiger partial charge in [-0.1, -0.05) is 23.2 Å². The van der Waals surface area contributed by atoms with Gasteiger partial charge in [0.05, 0.1) is 0 Å². The lowest BCUT2D eigenvalue weighted by Crippen LogP contribution is -2.13. The van der Waals surface area contributed by atoms with Crippen LogP contribution in [0.4, 0.5) is 5.82 Å². The molecular weight excluding hydrogens is 273 g/mol. The molecule has 2 rings (SSSR count). The summed E-state index contributed by atoms with van der Waals surface area (Å²) in [5.41, 5.74) is 1.38. The number of aromatic nitrogens is 2. The Morgan fingerprint density at radius 3 is 2.61 bits per heavy atom. The van der Waals surface area contributed by atoms with Crippen LogP contribution >= 0.6 is 23.2 Å². The molecule has 0 saturated heterocycles. The van der Waals surface area contributed by atoms with Gasteiger partial charge in [-0.15, -0.1) is 0 Å². The van der Waals surface area contributed by atoms with Gasteiger partial charge in [0, 0.05) is 16.7 Å². The van der Waals surface area contributed by atoms with Crippen molar-refractivity contribution in [2.24, 2.45) is 0 Å². The van der Waals surface area contributed by atoms with E-state index in [-0.39, 0.29) is 11.1 Å². The van der Waals surface area contributed by atoms with Crippen molar-refractivity contribution in [2.75, 3.05) is 5.32 Å². The summed E-state index contributed by atoms with van der Waals surface area (Å²) >= 11 is 11.6. The Morgan fingerprint density at radius 2 is 1.94 bits per heavy atom. The second-order valence-electron chi connectivity index (χ2n) is 3.70. The fraction of sp³-hybridized carbons (Fsp3) is 0.0833. The van der Waals surface area contributed by atoms with Gasteiger partial charge in [-0.25, -0.2) is 9.97 Å². The molecule has 0 atom stereocenters. The van der Waals surface area contributed by atoms with E-state index in [1.807, 2.05) is 6.92 Å². The molecule has 0 fully saturated rings. The normalized spacial score (nSPS) is 10.2. The highest BCUT2D eigenvalue weighted by atomic mass is 35.5. The van der Waals surface area contributed by atoms with E-state index >= 15 is 0 Å². The van der Waals surface area contributed by atoms with E-state index in [1.54, 1.807) is 18.2 Å². The number of anilines is 1. The molecule has 92 valence electrons. The molecule has 0 aliphatic heterocycles. The van der Waals surface area contributed by atoms with Gasteiger partial charge in [0.1, 0.15) is 17.3 Å². The van der Waals surface area contributed by atoms with E-state index in [9.17, 15) is 4.79 Å². The second-order valence-corrected chi connectivity index (χ2v) is 4.52. The first kappa shape index (κ1) is 12.8. The molecule has 0 spiro atoms. The molecule has 18 heavy (non-hydrogen) atoms. The van der Waals surface area contributed by atoms with Crippen molar-refractivity contribution in [1.82, 2.24) is 9.97 Å². The Bertz CT molecular complexity index is 581. The van der Waals surface area contributed by atoms with Gasteiger partial charge in [-0.05, 0) is 30.7 Å². The average molecular weight is 282 g/mol. The van der Waals surface area contributed by atoms with Crippen molar-refractivity contribution < 1.29 is 4.79 Å². The van der Waals surface area contributed by atoms with Gasteiger partial charge in [0.2, 0.25) is 0 Å². The highest BCUT2D eigenvalue weighted by Gasteiger charge is 2.08. The fourth-order valence-corrected chi connectivity index (χ4v) is 1.89. The van der Waals surface area contributed by atoms with Crippen LogP contribution in [-0.2, 0) is 0 Å². The molecular formula is C12H9Cl2N3O. The molecule has 4 nitrogen and oxygen atoms in total. The Labute approximate surface area is 114 Å². The zero-order valence-corrected chi connectivity index (χ0v) is 11.0. The molecule has 1 amide bonds. The number of nitrogens with one attached hydrogen (secondary N) is 1. The van der Waals surface area contributed by atoms with Crippen LogP contribution in [0.2, 0.25) is 10.2 Å². The summed E-state index contributed by atoms with van der Waals surface area (Å²) < 4.78 is 0. The standard InChI is InChI=1S/C12H9Cl2N3O/c1-7-2-8(4-9(13)3-7)12(18)17-11-5-10(14)15-6-16-11/h2-6H,1H3,(H,15,16,17,18). The van der Waals surface area contributed by atoms with E-state index in [0.29, 0.717) is 16.4 Å². The highest BCUT2D eigenvalue weighted by molar-refractivity contribution is 6.31. The number of carbonyl (C=O) groups excluding carboxylic acids is 1. The number of benzene rings is 1. The molecule has 0 unspecified atom stereocenters. The quantitative estimate of drug-likeness (QED) is 0.859. The zero-order valence-electron chi connectivity index (χ0n) is 9.45. The van der Waals surface area contributed by atoms with Crippen LogP contribution in [0.3, 0.4) is 0 Å². The van der Waals surface area contributed by atoms with E-state index < -0.39 is 0 Å². The number of carbonyl (C=O) groups is 1. The number of aryl methyl sites for hydroxylation is 1. The molecule has 0 bridgehead atoms. The van der Waals surface area contributed by atoms with Crippen molar-refractivity contribution in [1.29, 1.82) is 0 Å². The number of rotatable bonds is 2. The van der Waals surface area contributed by atoms with Crippen molar-refractivity contribution in [3.05, 3.63) is 51.9 Å². The van der Waals surface area contributed by atoms with Crippen LogP contribution in [0.5, 0.6) is 0 Å². The molecule has 0 radical (unpaired) electrons. The van der Waals surface area contributed by atoms with Crippen LogP contribution in [-0.4, -0.2) is 15.9 Å². The molecule has 1 N–H and O–H groups in total. The monoisotopic (exact) mass is 281 g/mol. The summed E-state index contributed by atoms with van der Waals surface area (Å²) in [5.74, 6) is 0.0491. The first-order valence-electron chi connectivity index (χ1n) is 5.11. The fourth-order valence-electron chi connectivity index (χ4n) is 1.46. The van der Waals surface area contributed by atoms with Crippen molar-refractivity contribution in [3.8, 4) is 0 Å². The van der Waals surface area contributed by atoms with Crippen LogP contribution in [0.15, 0.2) is 30.6 Å². The van der Waals surface area contributed by atoms with Gasteiger partial charge >= 0.3 is 0 Å². The third-order valence-corrected chi connectivity index (χ3v) is 2.60. The third-order valence-electron chi connectivity index (χ3n) is 2.18. The van der Waals surface area contributed by atoms with Crippen LogP contribution < -0.4 is 5.32 Å². The number of halogens is 2. The third kappa shape index (κ3) is 3.18. The molecule has 1 heterocycles. The Morgan fingerprint density at radius 1 is 1.17 bits per heavy atom. The summed E-state index contributed by atoms with van der Waals surface area (Å²) in [4.78, 5) is 19.6. The average Bonchev–Trinajstić information content (AvgIpc) is 2.27. The van der Waals surface area contributed by atoms with E-state index in [4.69, 9.17) is 23.2 Å². The van der Waals surface area contributed by atoms with Gasteiger partial charge in [0.15, 0.2) is 0 Å². The summed E-state index contributed by atoms with van der Waals surface area (Å²) in [6.45, 7) is 1.87. The predicted molar refractivity (Wildman–Crippen MR) is 71.2 cm³/mol. The van der Waals surface area contributed by atoms with Crippen molar-refractivity contribution in [3.63, 3.8) is 0 Å². The summed E-state index contributed by atoms with van der Waals surface area (Å²) in [7, 11) is 0. The van der Waals surface area contributed by atoms with Crippen LogP contribution in [0, 0.1) is 6.92 Å². The Kier molecular flexibility index (Phi) is 3.79. The number of nitrogens with zero attached hydrogens (tertiary/aromatic N) is 2. The first-order chi connectivity index (χ1) is 8.54. The lowest BCUT2D eigenvalue weighted by molar-refractivity contribution is 0.102. The lowest BCUT2D eigenvalue weighted by Gasteiger charge is -2.05. The van der Waals surface area contributed by atoms with Crippen LogP contribution in [0.25, 0.3) is 0 Å². The predicted octanol–water partition coefficient (Wildman–Crippen LogP) is 3.34. The Balaban J connectivity index is 2.22. The highest BCUT2D eigenvalue weighted by Crippen LogP contribution is 2.16. The molecule has 0 aliphatic rings. The number of hydrogen-bond donors (Lipinski definition) is 1. The lowest BCUT2D eigenvalue weighted by atomic mass is 10.1. The molecule has 1 aromatic heterocycles. The van der Waals surface area contributed by atoms with Gasteiger partial charge < -0.3 is 5.32 Å². The first-order valence-corrected chi connectivity index (χ1v) is 5.86. The van der Waals surface area contributed by atoms with E-state index in [1.165, 1.54) is 12.4 Å². The minimum atomic E-state index is -0.296. The molecule has 0 aliphatic carbocycles. The maximum absolute atomic E-state index is 12.0. The largest absolute Gasteiger partial charge is 0.306 e. The van der Waals surface area contributed by atoms with Crippen molar-refractivity contribution in [2.45, 2.75) is 6.92 Å². The summed E-state index contributed by atoms with van der Waals surface area (Å²) in [6.07, 6.45) is 1.28. The Hall–Kier alpha value is -1.65. The van der Waals surface area contributed by atoms with Gasteiger partial charge in [-0.2, -0.15) is 0 Å². The van der Waals surface area contributed by atoms with E-state index in [2.05, 4.69) is 15.3 Å². The minimum Gasteiger partial charge on any atom is -0.306 e. The number of amides is 1. The molecule has 6 heteroatoms. The summed E-state index contributed by atoms with van der Waals surface area (Å²) in [6, 6.07) is 6.58. The van der Waals surface area contributed by atoms with Gasteiger partial charge in [-0.3, -0.25) is 4.79 Å². The SMILES string of the molecule is Cc1cc(Cl)cc(C(=O)Nc2cc(Cl)ncn2)c1. The second kappa shape index (κ2) is 5.33. The molecule has 0 saturated carbocycles. The topological polar surface area (TPSA) is 54.9 Å². The molecule has 1 aromatic carbocycles. The summed E-state index contributed by atoms with van der Waals surface area (Å²) in [5, 5.41) is 3.40. The minimum absolute atomic E-state index is 0.266. The number of hydrogen-bond acceptors (Lipinski definition) is 3. The zero-order chi connectivity index (χ0) is 13.1. The van der Waals surface area contributed by atoms with Crippen molar-refractivity contribution >= 4 is 34.9 Å². The van der Waals surface area contributed by atoms with Crippen LogP contribution in [0.1, 0.15) is 15.9 Å². The van der Waals surface area contributed by atoms with Gasteiger partial charge in [0.25, 0.3) is 5.91 Å². The maximum Gasteiger partial charge on any atom is 0.256 e. The maximum atomic E-state index is 12.0. The van der Waals surface area contributed by atoms with E-state index in [0.717, 1.165) is 5.56 Å².